The lowest BCUT2D eigenvalue weighted by atomic mass is 10.2. The Kier molecular flexibility index (Phi) is 4.24. The van der Waals surface area contributed by atoms with Crippen LogP contribution < -0.4 is 5.32 Å². The van der Waals surface area contributed by atoms with E-state index in [1.165, 1.54) is 18.9 Å². The third kappa shape index (κ3) is 3.36. The summed E-state index contributed by atoms with van der Waals surface area (Å²) in [7, 11) is 0. The van der Waals surface area contributed by atoms with Gasteiger partial charge < -0.3 is 9.73 Å². The van der Waals surface area contributed by atoms with Crippen LogP contribution >= 0.6 is 0 Å². The van der Waals surface area contributed by atoms with E-state index in [4.69, 9.17) is 4.42 Å². The number of hydrogen-bond donors (Lipinski definition) is 1. The maximum absolute atomic E-state index is 13.7. The maximum Gasteiger partial charge on any atom is 0.291 e. The number of likely N-dealkylation sites (tertiary alicyclic amines) is 1. The predicted octanol–water partition coefficient (Wildman–Crippen LogP) is 3.58. The average molecular weight is 302 g/mol. The predicted molar refractivity (Wildman–Crippen MR) is 82.3 cm³/mol. The Morgan fingerprint density at radius 2 is 2.05 bits per heavy atom. The van der Waals surface area contributed by atoms with E-state index in [2.05, 4.69) is 10.2 Å². The minimum atomic E-state index is -0.456. The Bertz CT molecular complexity index is 675. The second-order valence-corrected chi connectivity index (χ2v) is 5.69. The lowest BCUT2D eigenvalue weighted by Crippen LogP contribution is -2.18. The largest absolute Gasteiger partial charge is 0.455 e. The van der Waals surface area contributed by atoms with E-state index < -0.39 is 11.7 Å². The van der Waals surface area contributed by atoms with Crippen molar-refractivity contribution in [2.75, 3.05) is 18.4 Å². The fourth-order valence-corrected chi connectivity index (χ4v) is 2.66. The van der Waals surface area contributed by atoms with Crippen LogP contribution in [0.3, 0.4) is 0 Å². The zero-order valence-electron chi connectivity index (χ0n) is 12.6. The molecule has 22 heavy (non-hydrogen) atoms. The number of anilines is 1. The lowest BCUT2D eigenvalue weighted by Gasteiger charge is -2.11. The Morgan fingerprint density at radius 3 is 2.82 bits per heavy atom. The van der Waals surface area contributed by atoms with Crippen LogP contribution in [-0.2, 0) is 6.54 Å². The summed E-state index contributed by atoms with van der Waals surface area (Å²) in [6.07, 6.45) is 2.42. The molecule has 0 atom stereocenters. The molecule has 1 fully saturated rings. The Morgan fingerprint density at radius 1 is 1.27 bits per heavy atom. The summed E-state index contributed by atoms with van der Waals surface area (Å²) in [5.41, 5.74) is 1.05. The van der Waals surface area contributed by atoms with E-state index in [0.717, 1.165) is 24.4 Å². The monoisotopic (exact) mass is 302 g/mol. The van der Waals surface area contributed by atoms with Gasteiger partial charge in [0.2, 0.25) is 0 Å². The minimum absolute atomic E-state index is 0.169. The molecule has 1 aromatic heterocycles. The van der Waals surface area contributed by atoms with Crippen LogP contribution in [0, 0.1) is 12.7 Å². The summed E-state index contributed by atoms with van der Waals surface area (Å²) in [5, 5.41) is 2.55. The summed E-state index contributed by atoms with van der Waals surface area (Å²) < 4.78 is 19.2. The van der Waals surface area contributed by atoms with Crippen molar-refractivity contribution in [2.45, 2.75) is 26.3 Å². The number of furan rings is 1. The zero-order chi connectivity index (χ0) is 15.5. The van der Waals surface area contributed by atoms with Crippen molar-refractivity contribution in [3.05, 3.63) is 53.2 Å². The Labute approximate surface area is 128 Å². The van der Waals surface area contributed by atoms with E-state index in [9.17, 15) is 9.18 Å². The van der Waals surface area contributed by atoms with Crippen LogP contribution in [0.4, 0.5) is 10.1 Å². The van der Waals surface area contributed by atoms with Gasteiger partial charge in [-0.25, -0.2) is 4.39 Å². The molecule has 1 N–H and O–H groups in total. The molecule has 3 rings (SSSR count). The van der Waals surface area contributed by atoms with Gasteiger partial charge in [0.25, 0.3) is 5.91 Å². The topological polar surface area (TPSA) is 45.5 Å². The van der Waals surface area contributed by atoms with E-state index >= 15 is 0 Å². The standard InChI is InChI=1S/C17H19FN2O2/c1-12-4-6-14(18)15(10-12)19-17(21)16-7-5-13(22-16)11-20-8-2-3-9-20/h4-7,10H,2-3,8-9,11H2,1H3,(H,19,21). The first-order chi connectivity index (χ1) is 10.6. The number of hydrogen-bond acceptors (Lipinski definition) is 3. The van der Waals surface area contributed by atoms with Gasteiger partial charge in [-0.05, 0) is 62.7 Å². The van der Waals surface area contributed by atoms with Crippen molar-refractivity contribution in [1.29, 1.82) is 0 Å². The normalized spacial score (nSPS) is 15.2. The molecule has 0 unspecified atom stereocenters. The fraction of sp³-hybridized carbons (Fsp3) is 0.353. The maximum atomic E-state index is 13.7. The fourth-order valence-electron chi connectivity index (χ4n) is 2.66. The summed E-state index contributed by atoms with van der Waals surface area (Å²) in [5.74, 6) is 0.0758. The molecule has 2 heterocycles. The molecule has 1 aliphatic rings. The van der Waals surface area contributed by atoms with Gasteiger partial charge in [0.05, 0.1) is 12.2 Å². The van der Waals surface area contributed by atoms with Gasteiger partial charge >= 0.3 is 0 Å². The number of carbonyl (C=O) groups is 1. The molecule has 0 aliphatic carbocycles. The van der Waals surface area contributed by atoms with Crippen LogP contribution in [0.5, 0.6) is 0 Å². The molecule has 0 spiro atoms. The van der Waals surface area contributed by atoms with Crippen LogP contribution in [-0.4, -0.2) is 23.9 Å². The average Bonchev–Trinajstić information content (AvgIpc) is 3.15. The highest BCUT2D eigenvalue weighted by molar-refractivity contribution is 6.02. The van der Waals surface area contributed by atoms with Crippen molar-refractivity contribution >= 4 is 11.6 Å². The number of nitrogens with one attached hydrogen (secondary N) is 1. The van der Waals surface area contributed by atoms with E-state index in [-0.39, 0.29) is 11.4 Å². The number of nitrogens with zero attached hydrogens (tertiary/aromatic N) is 1. The third-order valence-electron chi connectivity index (χ3n) is 3.83. The molecular formula is C17H19FN2O2. The number of aryl methyl sites for hydroxylation is 1. The molecule has 4 nitrogen and oxygen atoms in total. The van der Waals surface area contributed by atoms with Crippen molar-refractivity contribution in [1.82, 2.24) is 4.90 Å². The van der Waals surface area contributed by atoms with Crippen LogP contribution in [0.15, 0.2) is 34.7 Å². The first kappa shape index (κ1) is 14.8. The molecule has 1 amide bonds. The van der Waals surface area contributed by atoms with Crippen LogP contribution in [0.1, 0.15) is 34.7 Å². The molecular weight excluding hydrogens is 283 g/mol. The summed E-state index contributed by atoms with van der Waals surface area (Å²) >= 11 is 0. The number of rotatable bonds is 4. The van der Waals surface area contributed by atoms with E-state index in [0.29, 0.717) is 6.54 Å². The minimum Gasteiger partial charge on any atom is -0.455 e. The number of halogens is 1. The second kappa shape index (κ2) is 6.32. The van der Waals surface area contributed by atoms with Crippen molar-refractivity contribution in [2.24, 2.45) is 0 Å². The molecule has 1 aromatic carbocycles. The first-order valence-corrected chi connectivity index (χ1v) is 7.50. The van der Waals surface area contributed by atoms with Gasteiger partial charge in [-0.3, -0.25) is 9.69 Å². The summed E-state index contributed by atoms with van der Waals surface area (Å²) in [4.78, 5) is 14.4. The number of benzene rings is 1. The first-order valence-electron chi connectivity index (χ1n) is 7.50. The number of amides is 1. The SMILES string of the molecule is Cc1ccc(F)c(NC(=O)c2ccc(CN3CCCC3)o2)c1. The molecule has 2 aromatic rings. The van der Waals surface area contributed by atoms with Crippen molar-refractivity contribution in [3.8, 4) is 0 Å². The Balaban J connectivity index is 1.67. The van der Waals surface area contributed by atoms with Gasteiger partial charge in [0.15, 0.2) is 5.76 Å². The molecule has 0 bridgehead atoms. The Hall–Kier alpha value is -2.14. The molecule has 1 aliphatic heterocycles. The van der Waals surface area contributed by atoms with E-state index in [1.54, 1.807) is 24.3 Å². The van der Waals surface area contributed by atoms with Gasteiger partial charge in [0.1, 0.15) is 11.6 Å². The highest BCUT2D eigenvalue weighted by Crippen LogP contribution is 2.19. The van der Waals surface area contributed by atoms with Crippen molar-refractivity contribution < 1.29 is 13.6 Å². The van der Waals surface area contributed by atoms with E-state index in [1.807, 2.05) is 6.92 Å². The second-order valence-electron chi connectivity index (χ2n) is 5.69. The summed E-state index contributed by atoms with van der Waals surface area (Å²) in [6, 6.07) is 8.04. The zero-order valence-corrected chi connectivity index (χ0v) is 12.6. The molecule has 116 valence electrons. The molecule has 0 radical (unpaired) electrons. The number of carbonyl (C=O) groups excluding carboxylic acids is 1. The van der Waals surface area contributed by atoms with Crippen LogP contribution in [0.2, 0.25) is 0 Å². The molecule has 5 heteroatoms. The highest BCUT2D eigenvalue weighted by Gasteiger charge is 2.17. The summed E-state index contributed by atoms with van der Waals surface area (Å²) in [6.45, 7) is 4.69. The lowest BCUT2D eigenvalue weighted by molar-refractivity contribution is 0.0993. The smallest absolute Gasteiger partial charge is 0.291 e. The van der Waals surface area contributed by atoms with Crippen molar-refractivity contribution in [3.63, 3.8) is 0 Å². The van der Waals surface area contributed by atoms with Gasteiger partial charge in [-0.1, -0.05) is 6.07 Å². The highest BCUT2D eigenvalue weighted by atomic mass is 19.1. The molecule has 0 saturated carbocycles. The van der Waals surface area contributed by atoms with Crippen LogP contribution in [0.25, 0.3) is 0 Å². The van der Waals surface area contributed by atoms with Gasteiger partial charge in [-0.2, -0.15) is 0 Å². The van der Waals surface area contributed by atoms with Gasteiger partial charge in [0, 0.05) is 0 Å². The quantitative estimate of drug-likeness (QED) is 0.939. The third-order valence-corrected chi connectivity index (χ3v) is 3.83. The van der Waals surface area contributed by atoms with Gasteiger partial charge in [-0.15, -0.1) is 0 Å². The molecule has 1 saturated heterocycles.